The lowest BCUT2D eigenvalue weighted by Gasteiger charge is -2.06. The third kappa shape index (κ3) is 5.83. The molecule has 0 amide bonds. The van der Waals surface area contributed by atoms with Crippen LogP contribution in [0.2, 0.25) is 0 Å². The second-order valence-corrected chi connectivity index (χ2v) is 7.83. The normalized spacial score (nSPS) is 11.1. The average Bonchev–Trinajstić information content (AvgIpc) is 3.42. The number of aromatic nitrogens is 3. The first-order chi connectivity index (χ1) is 15.2. The zero-order valence-electron chi connectivity index (χ0n) is 16.6. The van der Waals surface area contributed by atoms with E-state index in [9.17, 15) is 4.79 Å². The van der Waals surface area contributed by atoms with Crippen molar-refractivity contribution in [1.82, 2.24) is 13.7 Å². The van der Waals surface area contributed by atoms with Gasteiger partial charge in [-0.25, -0.2) is 4.98 Å². The van der Waals surface area contributed by atoms with Gasteiger partial charge in [-0.1, -0.05) is 6.07 Å². The molecule has 158 valence electrons. The van der Waals surface area contributed by atoms with E-state index in [1.165, 1.54) is 23.1 Å². The molecule has 2 heterocycles. The number of nitrogens with one attached hydrogen (secondary N) is 1. The Hall–Kier alpha value is -3.37. The summed E-state index contributed by atoms with van der Waals surface area (Å²) in [4.78, 5) is 15.8. The van der Waals surface area contributed by atoms with E-state index >= 15 is 0 Å². The number of carbonyl (C=O) groups is 1. The third-order valence-corrected chi connectivity index (χ3v) is 5.51. The topological polar surface area (TPSA) is 98.6 Å². The summed E-state index contributed by atoms with van der Waals surface area (Å²) in [7, 11) is 0. The number of ether oxygens (including phenoxy) is 2. The van der Waals surface area contributed by atoms with Gasteiger partial charge in [0.05, 0.1) is 36.7 Å². The van der Waals surface area contributed by atoms with Crippen LogP contribution in [0, 0.1) is 0 Å². The number of esters is 1. The van der Waals surface area contributed by atoms with Crippen molar-refractivity contribution in [2.75, 3.05) is 12.0 Å². The van der Waals surface area contributed by atoms with Crippen LogP contribution in [0.25, 0.3) is 11.0 Å². The first-order valence-electron chi connectivity index (χ1n) is 9.53. The van der Waals surface area contributed by atoms with Crippen LogP contribution in [0.1, 0.15) is 23.7 Å². The van der Waals surface area contributed by atoms with Crippen LogP contribution >= 0.6 is 23.1 Å². The number of benzene rings is 2. The number of fused-ring (bicyclic) bond motifs is 1. The van der Waals surface area contributed by atoms with Gasteiger partial charge in [0.2, 0.25) is 5.13 Å². The molecule has 0 aliphatic heterocycles. The highest BCUT2D eigenvalue weighted by atomic mass is 32.1. The number of hydrogen-bond acceptors (Lipinski definition) is 10. The van der Waals surface area contributed by atoms with Gasteiger partial charge in [0.1, 0.15) is 23.4 Å². The van der Waals surface area contributed by atoms with E-state index in [1.54, 1.807) is 13.1 Å². The Bertz CT molecular complexity index is 1190. The van der Waals surface area contributed by atoms with E-state index in [0.717, 1.165) is 27.9 Å². The fourth-order valence-corrected chi connectivity index (χ4v) is 3.87. The van der Waals surface area contributed by atoms with Crippen molar-refractivity contribution in [3.63, 3.8) is 0 Å². The van der Waals surface area contributed by atoms with Crippen molar-refractivity contribution in [2.45, 2.75) is 20.0 Å². The quantitative estimate of drug-likeness (QED) is 0.229. The van der Waals surface area contributed by atoms with Gasteiger partial charge in [-0.3, -0.25) is 10.2 Å². The second kappa shape index (κ2) is 10.1. The maximum Gasteiger partial charge on any atom is 0.311 e. The van der Waals surface area contributed by atoms with Crippen molar-refractivity contribution in [3.05, 3.63) is 64.7 Å². The molecule has 4 rings (SSSR count). The highest BCUT2D eigenvalue weighted by Gasteiger charge is 2.08. The zero-order chi connectivity index (χ0) is 21.5. The number of carbonyl (C=O) groups excluding carboxylic acids is 1. The van der Waals surface area contributed by atoms with Gasteiger partial charge in [-0.2, -0.15) is 13.8 Å². The lowest BCUT2D eigenvalue weighted by molar-refractivity contribution is -0.142. The van der Waals surface area contributed by atoms with Gasteiger partial charge in [0.15, 0.2) is 0 Å². The predicted octanol–water partition coefficient (Wildman–Crippen LogP) is 4.28. The monoisotopic (exact) mass is 453 g/mol. The van der Waals surface area contributed by atoms with Gasteiger partial charge in [0, 0.05) is 5.38 Å². The Labute approximate surface area is 186 Å². The fraction of sp³-hybridized carbons (Fsp3) is 0.190. The van der Waals surface area contributed by atoms with Crippen LogP contribution in [-0.2, 0) is 22.6 Å². The molecule has 8 nitrogen and oxygen atoms in total. The Balaban J connectivity index is 1.26. The molecule has 1 N–H and O–H groups in total. The smallest absolute Gasteiger partial charge is 0.311 e. The molecule has 0 fully saturated rings. The van der Waals surface area contributed by atoms with Crippen molar-refractivity contribution < 1.29 is 14.3 Å². The minimum atomic E-state index is -0.286. The summed E-state index contributed by atoms with van der Waals surface area (Å²) in [6.07, 6.45) is 1.85. The Morgan fingerprint density at radius 3 is 2.84 bits per heavy atom. The van der Waals surface area contributed by atoms with Gasteiger partial charge >= 0.3 is 5.97 Å². The molecule has 0 unspecified atom stereocenters. The standard InChI is InChI=1S/C21H19N5O3S2/c1-2-28-20(27)10-16-13-30-21(23-16)24-22-11-14-3-6-17(7-4-14)29-12-15-5-8-18-19(9-15)26-31-25-18/h3-9,11,13H,2,10,12H2,1H3,(H,23,24). The maximum absolute atomic E-state index is 11.5. The van der Waals surface area contributed by atoms with Crippen molar-refractivity contribution in [2.24, 2.45) is 5.10 Å². The van der Waals surface area contributed by atoms with E-state index < -0.39 is 0 Å². The number of hydrazone groups is 1. The van der Waals surface area contributed by atoms with Crippen LogP contribution in [0.4, 0.5) is 5.13 Å². The van der Waals surface area contributed by atoms with Crippen LogP contribution < -0.4 is 10.2 Å². The highest BCUT2D eigenvalue weighted by molar-refractivity contribution is 7.13. The van der Waals surface area contributed by atoms with E-state index in [0.29, 0.717) is 24.0 Å². The minimum absolute atomic E-state index is 0.158. The molecular formula is C21H19N5O3S2. The first kappa shape index (κ1) is 20.9. The SMILES string of the molecule is CCOC(=O)Cc1csc(NN=Cc2ccc(OCc3ccc4nsnc4c3)cc2)n1. The Kier molecular flexibility index (Phi) is 6.80. The van der Waals surface area contributed by atoms with Crippen molar-refractivity contribution in [3.8, 4) is 5.75 Å². The lowest BCUT2D eigenvalue weighted by Crippen LogP contribution is -2.07. The number of rotatable bonds is 9. The summed E-state index contributed by atoms with van der Waals surface area (Å²) >= 11 is 2.59. The summed E-state index contributed by atoms with van der Waals surface area (Å²) in [6.45, 7) is 2.60. The molecule has 0 bridgehead atoms. The number of anilines is 1. The molecule has 31 heavy (non-hydrogen) atoms. The number of hydrogen-bond donors (Lipinski definition) is 1. The van der Waals surface area contributed by atoms with Crippen molar-refractivity contribution >= 4 is 51.4 Å². The Morgan fingerprint density at radius 1 is 1.16 bits per heavy atom. The summed E-state index contributed by atoms with van der Waals surface area (Å²) < 4.78 is 19.2. The van der Waals surface area contributed by atoms with Crippen LogP contribution in [0.3, 0.4) is 0 Å². The molecule has 2 aromatic heterocycles. The number of thiazole rings is 1. The molecule has 0 atom stereocenters. The number of nitrogens with zero attached hydrogens (tertiary/aromatic N) is 4. The van der Waals surface area contributed by atoms with Crippen LogP contribution in [-0.4, -0.2) is 32.5 Å². The predicted molar refractivity (Wildman–Crippen MR) is 122 cm³/mol. The summed E-state index contributed by atoms with van der Waals surface area (Å²) in [5.74, 6) is 0.482. The molecule has 4 aromatic rings. The summed E-state index contributed by atoms with van der Waals surface area (Å²) in [5, 5.41) is 6.61. The van der Waals surface area contributed by atoms with Gasteiger partial charge in [-0.15, -0.1) is 11.3 Å². The molecule has 2 aromatic carbocycles. The lowest BCUT2D eigenvalue weighted by atomic mass is 10.2. The minimum Gasteiger partial charge on any atom is -0.489 e. The molecule has 0 spiro atoms. The van der Waals surface area contributed by atoms with Gasteiger partial charge in [-0.05, 0) is 54.4 Å². The van der Waals surface area contributed by atoms with E-state index in [-0.39, 0.29) is 12.4 Å². The fourth-order valence-electron chi connectivity index (χ4n) is 2.70. The summed E-state index contributed by atoms with van der Waals surface area (Å²) in [5.41, 5.74) is 7.28. The van der Waals surface area contributed by atoms with Gasteiger partial charge < -0.3 is 9.47 Å². The molecule has 10 heteroatoms. The molecular weight excluding hydrogens is 434 g/mol. The largest absolute Gasteiger partial charge is 0.489 e. The van der Waals surface area contributed by atoms with E-state index in [1.807, 2.05) is 47.8 Å². The summed E-state index contributed by atoms with van der Waals surface area (Å²) in [6, 6.07) is 13.6. The molecule has 0 saturated heterocycles. The molecule has 0 aliphatic rings. The maximum atomic E-state index is 11.5. The molecule has 0 saturated carbocycles. The first-order valence-corrected chi connectivity index (χ1v) is 11.1. The van der Waals surface area contributed by atoms with Crippen molar-refractivity contribution in [1.29, 1.82) is 0 Å². The molecule has 0 radical (unpaired) electrons. The van der Waals surface area contributed by atoms with E-state index in [2.05, 4.69) is 24.3 Å². The average molecular weight is 454 g/mol. The third-order valence-electron chi connectivity index (χ3n) is 4.16. The Morgan fingerprint density at radius 2 is 2.00 bits per heavy atom. The van der Waals surface area contributed by atoms with E-state index in [4.69, 9.17) is 9.47 Å². The van der Waals surface area contributed by atoms with Crippen LogP contribution in [0.5, 0.6) is 5.75 Å². The zero-order valence-corrected chi connectivity index (χ0v) is 18.3. The van der Waals surface area contributed by atoms with Crippen LogP contribution in [0.15, 0.2) is 52.9 Å². The highest BCUT2D eigenvalue weighted by Crippen LogP contribution is 2.18. The second-order valence-electron chi connectivity index (χ2n) is 6.44. The van der Waals surface area contributed by atoms with Gasteiger partial charge in [0.25, 0.3) is 0 Å². The molecule has 0 aliphatic carbocycles.